The van der Waals surface area contributed by atoms with Gasteiger partial charge in [0, 0.05) is 0 Å². The molecule has 0 spiro atoms. The number of ether oxygens (including phenoxy) is 2. The molecule has 5 rings (SSSR count). The zero-order valence-corrected chi connectivity index (χ0v) is 24.8. The van der Waals surface area contributed by atoms with E-state index in [9.17, 15) is 14.5 Å². The molecule has 1 saturated heterocycles. The molecule has 3 aromatic rings. The first-order valence-electron chi connectivity index (χ1n) is 13.7. The van der Waals surface area contributed by atoms with Crippen molar-refractivity contribution in [2.24, 2.45) is 5.41 Å². The molecule has 2 aliphatic rings. The van der Waals surface area contributed by atoms with E-state index in [-0.39, 0.29) is 34.9 Å². The molecule has 1 aliphatic carbocycles. The summed E-state index contributed by atoms with van der Waals surface area (Å²) in [5, 5.41) is 17.8. The van der Waals surface area contributed by atoms with Crippen LogP contribution in [0.1, 0.15) is 58.8 Å². The smallest absolute Gasteiger partial charge is 0.459 e. The molecular weight excluding hydrogens is 570 g/mol. The van der Waals surface area contributed by atoms with Crippen molar-refractivity contribution in [3.8, 4) is 5.75 Å². The van der Waals surface area contributed by atoms with E-state index < -0.39 is 49.8 Å². The number of rotatable bonds is 10. The van der Waals surface area contributed by atoms with Crippen LogP contribution in [-0.4, -0.2) is 67.3 Å². The highest BCUT2D eigenvalue weighted by atomic mass is 31.2. The Morgan fingerprint density at radius 2 is 2.00 bits per heavy atom. The topological polar surface area (TPSA) is 172 Å². The molecule has 2 aromatic heterocycles. The fourth-order valence-electron chi connectivity index (χ4n) is 4.87. The van der Waals surface area contributed by atoms with Crippen LogP contribution in [0.25, 0.3) is 5.65 Å². The van der Waals surface area contributed by atoms with Gasteiger partial charge in [-0.3, -0.25) is 9.32 Å². The number of nitrogens with two attached hydrogens (primary N) is 1. The van der Waals surface area contributed by atoms with Crippen LogP contribution in [0, 0.1) is 5.41 Å². The molecule has 4 N–H and O–H groups in total. The average molecular weight is 607 g/mol. The van der Waals surface area contributed by atoms with Crippen LogP contribution in [-0.2, 0) is 23.4 Å². The van der Waals surface area contributed by atoms with Gasteiger partial charge in [-0.15, -0.1) is 0 Å². The number of aliphatic hydroxyl groups is 1. The van der Waals surface area contributed by atoms with Crippen molar-refractivity contribution < 1.29 is 37.4 Å². The predicted octanol–water partition coefficient (Wildman–Crippen LogP) is 3.54. The van der Waals surface area contributed by atoms with E-state index in [2.05, 4.69) is 20.2 Å². The fourth-order valence-corrected chi connectivity index (χ4v) is 6.61. The molecule has 2 fully saturated rings. The second-order valence-corrected chi connectivity index (χ2v) is 13.8. The molecule has 42 heavy (non-hydrogen) atoms. The van der Waals surface area contributed by atoms with Crippen LogP contribution in [0.3, 0.4) is 0 Å². The molecule has 3 heterocycles. The van der Waals surface area contributed by atoms with E-state index in [4.69, 9.17) is 24.3 Å². The van der Waals surface area contributed by atoms with Crippen molar-refractivity contribution in [2.45, 2.75) is 76.5 Å². The Bertz CT molecular complexity index is 1480. The Hall–Kier alpha value is -3.16. The van der Waals surface area contributed by atoms with Gasteiger partial charge in [0.1, 0.15) is 35.9 Å². The van der Waals surface area contributed by atoms with Gasteiger partial charge < -0.3 is 24.8 Å². The first-order valence-corrected chi connectivity index (χ1v) is 15.2. The Kier molecular flexibility index (Phi) is 8.05. The summed E-state index contributed by atoms with van der Waals surface area (Å²) in [4.78, 5) is 21.2. The van der Waals surface area contributed by atoms with E-state index in [1.165, 1.54) is 24.0 Å². The molecule has 15 heteroatoms. The lowest BCUT2D eigenvalue weighted by Crippen LogP contribution is -2.57. The molecule has 228 valence electrons. The SMILES string of the molecule is CC(C)(C)COC(=O)C1(NP(=O)(OC[C@H]2O[C@@H](c3cnc4c(N)ncnn34)[C@](C)(F)[C@@H]2O)Oc2ccccc2)CCC1. The maximum absolute atomic E-state index is 16.0. The van der Waals surface area contributed by atoms with Crippen LogP contribution in [0.4, 0.5) is 10.2 Å². The summed E-state index contributed by atoms with van der Waals surface area (Å²) in [6, 6.07) is 8.29. The van der Waals surface area contributed by atoms with Gasteiger partial charge in [0.05, 0.1) is 25.1 Å². The lowest BCUT2D eigenvalue weighted by Gasteiger charge is -2.41. The van der Waals surface area contributed by atoms with E-state index in [1.54, 1.807) is 30.3 Å². The number of nitrogen functional groups attached to an aromatic ring is 1. The Morgan fingerprint density at radius 1 is 1.29 bits per heavy atom. The number of aromatic nitrogens is 4. The number of alkyl halides is 1. The molecule has 0 amide bonds. The summed E-state index contributed by atoms with van der Waals surface area (Å²) >= 11 is 0. The number of nitrogens with one attached hydrogen (secondary N) is 1. The molecular formula is C27H36FN6O7P. The summed E-state index contributed by atoms with van der Waals surface area (Å²) in [5.74, 6) is -0.257. The number of hydrogen-bond donors (Lipinski definition) is 3. The third kappa shape index (κ3) is 6.00. The number of fused-ring (bicyclic) bond motifs is 1. The number of hydrogen-bond acceptors (Lipinski definition) is 11. The van der Waals surface area contributed by atoms with E-state index >= 15 is 4.39 Å². The highest BCUT2D eigenvalue weighted by Gasteiger charge is 2.57. The lowest BCUT2D eigenvalue weighted by molar-refractivity contribution is -0.157. The molecule has 1 saturated carbocycles. The minimum atomic E-state index is -4.31. The van der Waals surface area contributed by atoms with E-state index in [0.717, 1.165) is 0 Å². The summed E-state index contributed by atoms with van der Waals surface area (Å²) in [5.41, 5.74) is 2.38. The van der Waals surface area contributed by atoms with Crippen LogP contribution < -0.4 is 15.3 Å². The number of para-hydroxylation sites is 1. The number of nitrogens with zero attached hydrogens (tertiary/aromatic N) is 4. The number of anilines is 1. The van der Waals surface area contributed by atoms with Crippen LogP contribution in [0.5, 0.6) is 5.75 Å². The molecule has 0 radical (unpaired) electrons. The Morgan fingerprint density at radius 3 is 2.64 bits per heavy atom. The number of esters is 1. The third-order valence-corrected chi connectivity index (χ3v) is 8.98. The summed E-state index contributed by atoms with van der Waals surface area (Å²) in [6.45, 7) is 6.61. The van der Waals surface area contributed by atoms with Gasteiger partial charge in [-0.05, 0) is 43.7 Å². The zero-order chi connectivity index (χ0) is 30.3. The number of aliphatic hydroxyl groups excluding tert-OH is 1. The van der Waals surface area contributed by atoms with Gasteiger partial charge >= 0.3 is 13.7 Å². The van der Waals surface area contributed by atoms with Crippen molar-refractivity contribution in [3.05, 3.63) is 48.5 Å². The number of halogens is 1. The number of benzene rings is 1. The van der Waals surface area contributed by atoms with Crippen LogP contribution in [0.15, 0.2) is 42.9 Å². The Labute approximate surface area is 242 Å². The number of carbonyl (C=O) groups is 1. The second-order valence-electron chi connectivity index (χ2n) is 12.1. The highest BCUT2D eigenvalue weighted by Crippen LogP contribution is 2.52. The summed E-state index contributed by atoms with van der Waals surface area (Å²) in [7, 11) is -4.31. The molecule has 1 aliphatic heterocycles. The molecule has 13 nitrogen and oxygen atoms in total. The molecule has 1 aromatic carbocycles. The standard InChI is InChI=1S/C27H36FN6O7P/c1-25(2,3)15-38-24(36)27(11-8-12-27)33-42(37,41-17-9-6-5-7-10-17)39-14-19-20(35)26(4,28)21(40-19)18-13-30-23-22(29)31-16-32-34(18)23/h5-7,9-10,13,16,19-21,35H,8,11-12,14-15H2,1-4H3,(H,33,37)(H2,29,31,32)/t19-,20-,21+,26-,42?/m1/s1. The monoisotopic (exact) mass is 606 g/mol. The Balaban J connectivity index is 1.37. The number of carbonyl (C=O) groups excluding carboxylic acids is 1. The summed E-state index contributed by atoms with van der Waals surface area (Å²) in [6.07, 6.45) is -0.335. The van der Waals surface area contributed by atoms with Crippen molar-refractivity contribution in [1.29, 1.82) is 0 Å². The highest BCUT2D eigenvalue weighted by molar-refractivity contribution is 7.52. The number of imidazole rings is 1. The minimum Gasteiger partial charge on any atom is -0.464 e. The van der Waals surface area contributed by atoms with Crippen molar-refractivity contribution in [2.75, 3.05) is 18.9 Å². The lowest BCUT2D eigenvalue weighted by atomic mass is 9.78. The van der Waals surface area contributed by atoms with Gasteiger partial charge in [-0.2, -0.15) is 10.2 Å². The van der Waals surface area contributed by atoms with Crippen LogP contribution in [0.2, 0.25) is 0 Å². The van der Waals surface area contributed by atoms with E-state index in [0.29, 0.717) is 19.3 Å². The maximum atomic E-state index is 16.0. The van der Waals surface area contributed by atoms with Gasteiger partial charge in [0.25, 0.3) is 0 Å². The molecule has 0 bridgehead atoms. The average Bonchev–Trinajstić information content (AvgIpc) is 3.43. The first kappa shape index (κ1) is 30.3. The van der Waals surface area contributed by atoms with Gasteiger partial charge in [-0.25, -0.2) is 23.4 Å². The first-order chi connectivity index (χ1) is 19.7. The normalized spacial score (nSPS) is 26.9. The predicted molar refractivity (Wildman–Crippen MR) is 149 cm³/mol. The van der Waals surface area contributed by atoms with E-state index in [1.807, 2.05) is 20.8 Å². The third-order valence-electron chi connectivity index (χ3n) is 7.34. The van der Waals surface area contributed by atoms with Crippen molar-refractivity contribution >= 4 is 25.2 Å². The second kappa shape index (κ2) is 11.2. The largest absolute Gasteiger partial charge is 0.464 e. The van der Waals surface area contributed by atoms with Gasteiger partial charge in [0.2, 0.25) is 0 Å². The van der Waals surface area contributed by atoms with Crippen molar-refractivity contribution in [3.63, 3.8) is 0 Å². The van der Waals surface area contributed by atoms with Gasteiger partial charge in [-0.1, -0.05) is 39.0 Å². The molecule has 5 atom stereocenters. The van der Waals surface area contributed by atoms with Crippen molar-refractivity contribution in [1.82, 2.24) is 24.7 Å². The zero-order valence-electron chi connectivity index (χ0n) is 23.9. The quantitative estimate of drug-likeness (QED) is 0.227. The fraction of sp³-hybridized carbons (Fsp3) is 0.556. The minimum absolute atomic E-state index is 0.0891. The molecule has 1 unspecified atom stereocenters. The van der Waals surface area contributed by atoms with Gasteiger partial charge in [0.15, 0.2) is 17.1 Å². The maximum Gasteiger partial charge on any atom is 0.459 e. The van der Waals surface area contributed by atoms with Crippen LogP contribution >= 0.6 is 7.75 Å². The summed E-state index contributed by atoms with van der Waals surface area (Å²) < 4.78 is 54.5.